The lowest BCUT2D eigenvalue weighted by atomic mass is 10.3. The SMILES string of the molecule is CC(C)NC(=O)CCNS(=O)(=O)c1ccc(C(=O)O)s1. The Morgan fingerprint density at radius 2 is 2.00 bits per heavy atom. The van der Waals surface area contributed by atoms with Gasteiger partial charge in [0.25, 0.3) is 0 Å². The van der Waals surface area contributed by atoms with E-state index < -0.39 is 16.0 Å². The summed E-state index contributed by atoms with van der Waals surface area (Å²) in [5.74, 6) is -1.42. The van der Waals surface area contributed by atoms with Crippen LogP contribution in [0.5, 0.6) is 0 Å². The zero-order valence-electron chi connectivity index (χ0n) is 11.0. The zero-order chi connectivity index (χ0) is 15.3. The summed E-state index contributed by atoms with van der Waals surface area (Å²) >= 11 is 0.667. The van der Waals surface area contributed by atoms with Gasteiger partial charge in [0.2, 0.25) is 15.9 Å². The van der Waals surface area contributed by atoms with E-state index in [1.807, 2.05) is 0 Å². The van der Waals surface area contributed by atoms with Crippen LogP contribution in [0.2, 0.25) is 0 Å². The summed E-state index contributed by atoms with van der Waals surface area (Å²) in [7, 11) is -3.77. The summed E-state index contributed by atoms with van der Waals surface area (Å²) in [5.41, 5.74) is 0. The zero-order valence-corrected chi connectivity index (χ0v) is 12.7. The van der Waals surface area contributed by atoms with E-state index in [0.29, 0.717) is 11.3 Å². The second-order valence-electron chi connectivity index (χ2n) is 4.29. The average Bonchev–Trinajstić information content (AvgIpc) is 2.77. The number of aromatic carboxylic acids is 1. The van der Waals surface area contributed by atoms with E-state index in [4.69, 9.17) is 5.11 Å². The minimum atomic E-state index is -3.77. The Balaban J connectivity index is 2.57. The Morgan fingerprint density at radius 3 is 2.50 bits per heavy atom. The Hall–Kier alpha value is -1.45. The monoisotopic (exact) mass is 320 g/mol. The highest BCUT2D eigenvalue weighted by Crippen LogP contribution is 2.21. The van der Waals surface area contributed by atoms with Crippen LogP contribution in [0.3, 0.4) is 0 Å². The molecule has 0 aromatic carbocycles. The molecule has 0 bridgehead atoms. The normalized spacial score (nSPS) is 11.6. The summed E-state index contributed by atoms with van der Waals surface area (Å²) in [5, 5.41) is 11.4. The number of hydrogen-bond acceptors (Lipinski definition) is 5. The van der Waals surface area contributed by atoms with Crippen LogP contribution in [0.1, 0.15) is 29.9 Å². The standard InChI is InChI=1S/C11H16N2O5S2/c1-7(2)13-9(14)5-6-12-20(17,18)10-4-3-8(19-10)11(15)16/h3-4,7,12H,5-6H2,1-2H3,(H,13,14)(H,15,16). The van der Waals surface area contributed by atoms with Crippen molar-refractivity contribution in [3.05, 3.63) is 17.0 Å². The Morgan fingerprint density at radius 1 is 1.35 bits per heavy atom. The van der Waals surface area contributed by atoms with E-state index in [1.54, 1.807) is 13.8 Å². The van der Waals surface area contributed by atoms with Crippen molar-refractivity contribution >= 4 is 33.2 Å². The van der Waals surface area contributed by atoms with Gasteiger partial charge in [-0.1, -0.05) is 0 Å². The fourth-order valence-electron chi connectivity index (χ4n) is 1.34. The van der Waals surface area contributed by atoms with Crippen LogP contribution in [0, 0.1) is 0 Å². The van der Waals surface area contributed by atoms with Crippen LogP contribution in [-0.2, 0) is 14.8 Å². The van der Waals surface area contributed by atoms with E-state index in [1.165, 1.54) is 12.1 Å². The molecule has 1 aromatic heterocycles. The molecule has 1 amide bonds. The number of carboxylic acids is 1. The number of rotatable bonds is 7. The lowest BCUT2D eigenvalue weighted by Crippen LogP contribution is -2.33. The lowest BCUT2D eigenvalue weighted by molar-refractivity contribution is -0.121. The van der Waals surface area contributed by atoms with Crippen molar-refractivity contribution in [1.82, 2.24) is 10.0 Å². The molecular formula is C11H16N2O5S2. The van der Waals surface area contributed by atoms with Gasteiger partial charge in [0.15, 0.2) is 0 Å². The maximum atomic E-state index is 11.8. The summed E-state index contributed by atoms with van der Waals surface area (Å²) in [4.78, 5) is 22.0. The van der Waals surface area contributed by atoms with Gasteiger partial charge >= 0.3 is 5.97 Å². The van der Waals surface area contributed by atoms with E-state index in [0.717, 1.165) is 0 Å². The van der Waals surface area contributed by atoms with E-state index >= 15 is 0 Å². The number of sulfonamides is 1. The largest absolute Gasteiger partial charge is 0.477 e. The van der Waals surface area contributed by atoms with Gasteiger partial charge in [0.1, 0.15) is 9.09 Å². The fourth-order valence-corrected chi connectivity index (χ4v) is 3.57. The molecule has 0 fully saturated rings. The van der Waals surface area contributed by atoms with E-state index in [2.05, 4.69) is 10.0 Å². The van der Waals surface area contributed by atoms with Crippen LogP contribution < -0.4 is 10.0 Å². The van der Waals surface area contributed by atoms with Crippen molar-refractivity contribution in [2.24, 2.45) is 0 Å². The third-order valence-corrected chi connectivity index (χ3v) is 5.18. The minimum absolute atomic E-state index is 0.00507. The molecule has 1 heterocycles. The van der Waals surface area contributed by atoms with E-state index in [-0.39, 0.29) is 34.0 Å². The number of carboxylic acid groups (broad SMARTS) is 1. The van der Waals surface area contributed by atoms with Gasteiger partial charge in [0.05, 0.1) is 0 Å². The van der Waals surface area contributed by atoms with Gasteiger partial charge in [-0.25, -0.2) is 17.9 Å². The molecule has 0 spiro atoms. The molecule has 0 aliphatic heterocycles. The average molecular weight is 320 g/mol. The number of thiophene rings is 1. The first-order valence-corrected chi connectivity index (χ1v) is 8.14. The van der Waals surface area contributed by atoms with Crippen molar-refractivity contribution in [3.63, 3.8) is 0 Å². The second kappa shape index (κ2) is 6.82. The first-order chi connectivity index (χ1) is 9.22. The maximum absolute atomic E-state index is 11.8. The number of hydrogen-bond donors (Lipinski definition) is 3. The molecule has 20 heavy (non-hydrogen) atoms. The molecule has 112 valence electrons. The van der Waals surface area contributed by atoms with Crippen molar-refractivity contribution in [2.75, 3.05) is 6.54 Å². The molecule has 3 N–H and O–H groups in total. The molecular weight excluding hydrogens is 304 g/mol. The fraction of sp³-hybridized carbons (Fsp3) is 0.455. The molecule has 1 rings (SSSR count). The minimum Gasteiger partial charge on any atom is -0.477 e. The van der Waals surface area contributed by atoms with Crippen molar-refractivity contribution in [2.45, 2.75) is 30.5 Å². The molecule has 0 saturated heterocycles. The quantitative estimate of drug-likeness (QED) is 0.682. The van der Waals surface area contributed by atoms with Crippen LogP contribution in [-0.4, -0.2) is 38.0 Å². The third-order valence-electron chi connectivity index (χ3n) is 2.15. The highest BCUT2D eigenvalue weighted by atomic mass is 32.2. The summed E-state index contributed by atoms with van der Waals surface area (Å²) < 4.78 is 25.9. The van der Waals surface area contributed by atoms with Gasteiger partial charge in [-0.05, 0) is 26.0 Å². The summed E-state index contributed by atoms with van der Waals surface area (Å²) in [6.07, 6.45) is 0.0224. The molecule has 0 atom stereocenters. The summed E-state index contributed by atoms with van der Waals surface area (Å²) in [6, 6.07) is 2.45. The van der Waals surface area contributed by atoms with Crippen LogP contribution in [0.4, 0.5) is 0 Å². The molecule has 0 aliphatic rings. The van der Waals surface area contributed by atoms with Crippen LogP contribution >= 0.6 is 11.3 Å². The molecule has 9 heteroatoms. The number of amides is 1. The van der Waals surface area contributed by atoms with Crippen LogP contribution in [0.25, 0.3) is 0 Å². The van der Waals surface area contributed by atoms with Gasteiger partial charge in [0, 0.05) is 19.0 Å². The summed E-state index contributed by atoms with van der Waals surface area (Å²) in [6.45, 7) is 3.57. The molecule has 0 unspecified atom stereocenters. The topological polar surface area (TPSA) is 113 Å². The van der Waals surface area contributed by atoms with Gasteiger partial charge < -0.3 is 10.4 Å². The lowest BCUT2D eigenvalue weighted by Gasteiger charge is -2.08. The van der Waals surface area contributed by atoms with Crippen molar-refractivity contribution in [3.8, 4) is 0 Å². The maximum Gasteiger partial charge on any atom is 0.345 e. The number of nitrogens with one attached hydrogen (secondary N) is 2. The smallest absolute Gasteiger partial charge is 0.345 e. The predicted molar refractivity (Wildman–Crippen MR) is 74.4 cm³/mol. The molecule has 1 aromatic rings. The Kier molecular flexibility index (Phi) is 5.66. The first kappa shape index (κ1) is 16.6. The van der Waals surface area contributed by atoms with Gasteiger partial charge in [-0.3, -0.25) is 4.79 Å². The second-order valence-corrected chi connectivity index (χ2v) is 7.37. The predicted octanol–water partition coefficient (Wildman–Crippen LogP) is 0.639. The Bertz CT molecular complexity index is 592. The van der Waals surface area contributed by atoms with Crippen molar-refractivity contribution in [1.29, 1.82) is 0 Å². The van der Waals surface area contributed by atoms with Gasteiger partial charge in [-0.15, -0.1) is 11.3 Å². The van der Waals surface area contributed by atoms with Gasteiger partial charge in [-0.2, -0.15) is 0 Å². The highest BCUT2D eigenvalue weighted by molar-refractivity contribution is 7.91. The number of carbonyl (C=O) groups is 2. The van der Waals surface area contributed by atoms with Crippen molar-refractivity contribution < 1.29 is 23.1 Å². The third kappa shape index (κ3) is 4.91. The number of carbonyl (C=O) groups excluding carboxylic acids is 1. The first-order valence-electron chi connectivity index (χ1n) is 5.84. The highest BCUT2D eigenvalue weighted by Gasteiger charge is 2.18. The van der Waals surface area contributed by atoms with E-state index in [9.17, 15) is 18.0 Å². The molecule has 7 nitrogen and oxygen atoms in total. The molecule has 0 aliphatic carbocycles. The Labute approximate surface area is 121 Å². The molecule has 0 radical (unpaired) electrons. The molecule has 0 saturated carbocycles. The van der Waals surface area contributed by atoms with Crippen LogP contribution in [0.15, 0.2) is 16.3 Å².